The summed E-state index contributed by atoms with van der Waals surface area (Å²) in [5.74, 6) is -0.224. The molecule has 0 aromatic heterocycles. The standard InChI is InChI=1S/C21H15Cl2N3OS/c22-15-10-9-14(16(23)11-15)12-24-25-21(27)13-26-17-5-1-3-7-19(17)28-20-8-4-2-6-18(20)26/h1-12H,13H2,(H,25,27)/b24-12+. The summed E-state index contributed by atoms with van der Waals surface area (Å²) in [4.78, 5) is 16.8. The predicted octanol–water partition coefficient (Wildman–Crippen LogP) is 5.75. The van der Waals surface area contributed by atoms with Gasteiger partial charge >= 0.3 is 0 Å². The molecule has 0 atom stereocenters. The molecule has 1 aliphatic heterocycles. The minimum atomic E-state index is -0.224. The Morgan fingerprint density at radius 3 is 2.29 bits per heavy atom. The van der Waals surface area contributed by atoms with E-state index in [1.165, 1.54) is 6.21 Å². The molecule has 3 aromatic rings. The van der Waals surface area contributed by atoms with Gasteiger partial charge in [-0.2, -0.15) is 5.10 Å². The fraction of sp³-hybridized carbons (Fsp3) is 0.0476. The van der Waals surface area contributed by atoms with Gasteiger partial charge in [0.1, 0.15) is 6.54 Å². The first-order valence-corrected chi connectivity index (χ1v) is 10.1. The molecule has 4 rings (SSSR count). The van der Waals surface area contributed by atoms with Crippen LogP contribution in [-0.2, 0) is 4.79 Å². The number of hydrazone groups is 1. The highest BCUT2D eigenvalue weighted by Crippen LogP contribution is 2.47. The molecule has 0 fully saturated rings. The lowest BCUT2D eigenvalue weighted by Gasteiger charge is -2.31. The second-order valence-electron chi connectivity index (χ2n) is 6.08. The van der Waals surface area contributed by atoms with Crippen molar-refractivity contribution in [2.24, 2.45) is 5.10 Å². The zero-order valence-electron chi connectivity index (χ0n) is 14.6. The van der Waals surface area contributed by atoms with Crippen LogP contribution >= 0.6 is 35.0 Å². The number of rotatable bonds is 4. The number of benzene rings is 3. The van der Waals surface area contributed by atoms with Crippen molar-refractivity contribution in [2.45, 2.75) is 9.79 Å². The van der Waals surface area contributed by atoms with Crippen molar-refractivity contribution in [3.8, 4) is 0 Å². The van der Waals surface area contributed by atoms with Crippen LogP contribution in [0.1, 0.15) is 5.56 Å². The van der Waals surface area contributed by atoms with Gasteiger partial charge in [-0.15, -0.1) is 0 Å². The Morgan fingerprint density at radius 2 is 1.64 bits per heavy atom. The fourth-order valence-electron chi connectivity index (χ4n) is 2.91. The van der Waals surface area contributed by atoms with Gasteiger partial charge in [-0.25, -0.2) is 5.43 Å². The summed E-state index contributed by atoms with van der Waals surface area (Å²) in [5, 5.41) is 5.05. The van der Waals surface area contributed by atoms with Crippen molar-refractivity contribution >= 4 is 58.5 Å². The summed E-state index contributed by atoms with van der Waals surface area (Å²) >= 11 is 13.7. The van der Waals surface area contributed by atoms with Gasteiger partial charge in [0.2, 0.25) is 0 Å². The molecular formula is C21H15Cl2N3OS. The number of anilines is 2. The third kappa shape index (κ3) is 4.02. The maximum atomic E-state index is 12.5. The maximum Gasteiger partial charge on any atom is 0.260 e. The van der Waals surface area contributed by atoms with E-state index in [4.69, 9.17) is 23.2 Å². The van der Waals surface area contributed by atoms with Crippen LogP contribution < -0.4 is 10.3 Å². The molecule has 0 aliphatic carbocycles. The van der Waals surface area contributed by atoms with Gasteiger partial charge in [-0.3, -0.25) is 4.79 Å². The molecule has 0 saturated carbocycles. The topological polar surface area (TPSA) is 44.7 Å². The van der Waals surface area contributed by atoms with Crippen LogP contribution in [0.5, 0.6) is 0 Å². The number of nitrogens with one attached hydrogen (secondary N) is 1. The highest BCUT2D eigenvalue weighted by molar-refractivity contribution is 7.99. The van der Waals surface area contributed by atoms with Crippen LogP contribution in [0.25, 0.3) is 0 Å². The highest BCUT2D eigenvalue weighted by atomic mass is 35.5. The van der Waals surface area contributed by atoms with Crippen molar-refractivity contribution in [1.29, 1.82) is 0 Å². The highest BCUT2D eigenvalue weighted by Gasteiger charge is 2.24. The Bertz CT molecular complexity index is 1030. The monoisotopic (exact) mass is 427 g/mol. The van der Waals surface area contributed by atoms with E-state index >= 15 is 0 Å². The summed E-state index contributed by atoms with van der Waals surface area (Å²) in [5.41, 5.74) is 5.26. The predicted molar refractivity (Wildman–Crippen MR) is 116 cm³/mol. The first kappa shape index (κ1) is 18.9. The van der Waals surface area contributed by atoms with E-state index in [9.17, 15) is 4.79 Å². The Balaban J connectivity index is 1.51. The summed E-state index contributed by atoms with van der Waals surface area (Å²) in [7, 11) is 0. The molecule has 28 heavy (non-hydrogen) atoms. The van der Waals surface area contributed by atoms with E-state index in [0.717, 1.165) is 21.2 Å². The number of carbonyl (C=O) groups excluding carboxylic acids is 1. The van der Waals surface area contributed by atoms with E-state index < -0.39 is 0 Å². The van der Waals surface area contributed by atoms with E-state index in [1.54, 1.807) is 30.0 Å². The van der Waals surface area contributed by atoms with Crippen molar-refractivity contribution < 1.29 is 4.79 Å². The van der Waals surface area contributed by atoms with Crippen molar-refractivity contribution in [3.63, 3.8) is 0 Å². The zero-order valence-corrected chi connectivity index (χ0v) is 16.9. The molecule has 1 N–H and O–H groups in total. The lowest BCUT2D eigenvalue weighted by Crippen LogP contribution is -2.33. The van der Waals surface area contributed by atoms with Crippen LogP contribution in [0.2, 0.25) is 10.0 Å². The molecule has 4 nitrogen and oxygen atoms in total. The molecule has 3 aromatic carbocycles. The largest absolute Gasteiger partial charge is 0.330 e. The van der Waals surface area contributed by atoms with Gasteiger partial charge in [0.25, 0.3) is 5.91 Å². The normalized spacial score (nSPS) is 12.6. The molecule has 1 amide bonds. The summed E-state index contributed by atoms with van der Waals surface area (Å²) in [6.45, 7) is 0.153. The summed E-state index contributed by atoms with van der Waals surface area (Å²) < 4.78 is 0. The summed E-state index contributed by atoms with van der Waals surface area (Å²) in [6.07, 6.45) is 1.50. The Kier molecular flexibility index (Phi) is 5.57. The summed E-state index contributed by atoms with van der Waals surface area (Å²) in [6, 6.07) is 21.2. The molecule has 140 valence electrons. The molecule has 0 bridgehead atoms. The Morgan fingerprint density at radius 1 is 1.00 bits per heavy atom. The van der Waals surface area contributed by atoms with Crippen molar-refractivity contribution in [2.75, 3.05) is 11.4 Å². The number of carbonyl (C=O) groups is 1. The third-order valence-electron chi connectivity index (χ3n) is 4.19. The van der Waals surface area contributed by atoms with Gasteiger partial charge < -0.3 is 4.90 Å². The number of hydrogen-bond acceptors (Lipinski definition) is 4. The van der Waals surface area contributed by atoms with Gasteiger partial charge in [0.05, 0.1) is 22.6 Å². The minimum absolute atomic E-state index is 0.153. The van der Waals surface area contributed by atoms with Gasteiger partial charge in [-0.05, 0) is 36.4 Å². The van der Waals surface area contributed by atoms with Gasteiger partial charge in [0, 0.05) is 20.4 Å². The Hall–Kier alpha value is -2.47. The third-order valence-corrected chi connectivity index (χ3v) is 5.88. The van der Waals surface area contributed by atoms with E-state index in [0.29, 0.717) is 15.6 Å². The minimum Gasteiger partial charge on any atom is -0.330 e. The van der Waals surface area contributed by atoms with Crippen molar-refractivity contribution in [3.05, 3.63) is 82.3 Å². The molecule has 0 unspecified atom stereocenters. The van der Waals surface area contributed by atoms with E-state index in [2.05, 4.69) is 22.7 Å². The molecule has 7 heteroatoms. The van der Waals surface area contributed by atoms with Crippen molar-refractivity contribution in [1.82, 2.24) is 5.43 Å². The average Bonchev–Trinajstić information content (AvgIpc) is 2.69. The lowest BCUT2D eigenvalue weighted by molar-refractivity contribution is -0.119. The van der Waals surface area contributed by atoms with E-state index in [-0.39, 0.29) is 12.5 Å². The number of halogens is 2. The Labute approximate surface area is 177 Å². The van der Waals surface area contributed by atoms with Crippen LogP contribution in [-0.4, -0.2) is 18.7 Å². The maximum absolute atomic E-state index is 12.5. The molecule has 0 spiro atoms. The number of para-hydroxylation sites is 2. The lowest BCUT2D eigenvalue weighted by atomic mass is 10.2. The average molecular weight is 428 g/mol. The first-order valence-electron chi connectivity index (χ1n) is 8.52. The first-order chi connectivity index (χ1) is 13.6. The fourth-order valence-corrected chi connectivity index (χ4v) is 4.46. The smallest absolute Gasteiger partial charge is 0.260 e. The SMILES string of the molecule is O=C(CN1c2ccccc2Sc2ccccc21)N/N=C/c1ccc(Cl)cc1Cl. The van der Waals surface area contributed by atoms with Crippen LogP contribution in [0.4, 0.5) is 11.4 Å². The van der Waals surface area contributed by atoms with E-state index in [1.807, 2.05) is 41.3 Å². The number of hydrogen-bond donors (Lipinski definition) is 1. The molecule has 1 heterocycles. The number of nitrogens with zero attached hydrogens (tertiary/aromatic N) is 2. The van der Waals surface area contributed by atoms with Gasteiger partial charge in [-0.1, -0.05) is 65.3 Å². The second-order valence-corrected chi connectivity index (χ2v) is 8.01. The molecule has 1 aliphatic rings. The number of fused-ring (bicyclic) bond motifs is 2. The molecular weight excluding hydrogens is 413 g/mol. The van der Waals surface area contributed by atoms with Crippen LogP contribution in [0, 0.1) is 0 Å². The number of amides is 1. The molecule has 0 radical (unpaired) electrons. The van der Waals surface area contributed by atoms with Crippen LogP contribution in [0.15, 0.2) is 81.6 Å². The zero-order chi connectivity index (χ0) is 19.5. The van der Waals surface area contributed by atoms with Crippen LogP contribution in [0.3, 0.4) is 0 Å². The van der Waals surface area contributed by atoms with Gasteiger partial charge in [0.15, 0.2) is 0 Å². The quantitative estimate of drug-likeness (QED) is 0.425. The second kappa shape index (κ2) is 8.27. The molecule has 0 saturated heterocycles.